The fourth-order valence-corrected chi connectivity index (χ4v) is 2.89. The maximum atomic E-state index is 6.44. The average Bonchev–Trinajstić information content (AvgIpc) is 2.46. The van der Waals surface area contributed by atoms with E-state index in [4.69, 9.17) is 17.3 Å². The van der Waals surface area contributed by atoms with Gasteiger partial charge in [-0.25, -0.2) is 0 Å². The molecule has 0 amide bonds. The number of halogens is 1. The number of hydrogen-bond donors (Lipinski definition) is 1. The van der Waals surface area contributed by atoms with E-state index in [2.05, 4.69) is 43.8 Å². The molecule has 2 unspecified atom stereocenters. The zero-order valence-corrected chi connectivity index (χ0v) is 14.6. The van der Waals surface area contributed by atoms with Gasteiger partial charge in [0.05, 0.1) is 6.04 Å². The Hall–Kier alpha value is -0.610. The molecule has 0 aromatic heterocycles. The van der Waals surface area contributed by atoms with Crippen LogP contribution >= 0.6 is 11.6 Å². The van der Waals surface area contributed by atoms with Crippen molar-refractivity contribution in [3.63, 3.8) is 0 Å². The van der Waals surface area contributed by atoms with E-state index >= 15 is 0 Å². The Morgan fingerprint density at radius 2 is 1.76 bits per heavy atom. The lowest BCUT2D eigenvalue weighted by Crippen LogP contribution is -2.44. The first-order valence-corrected chi connectivity index (χ1v) is 8.27. The van der Waals surface area contributed by atoms with E-state index in [0.29, 0.717) is 0 Å². The number of likely N-dealkylation sites (N-methyl/N-ethyl adjacent to an activating group) is 1. The standard InChI is InChI=1S/C17H30ClN3/c1-5-11-21(13-12-20(3)4)17(16(19)6-2)14-9-7-8-10-15(14)18/h7-10,16-17H,5-6,11-13,19H2,1-4H3. The van der Waals surface area contributed by atoms with Crippen molar-refractivity contribution in [2.24, 2.45) is 5.73 Å². The maximum Gasteiger partial charge on any atom is 0.0514 e. The number of rotatable bonds is 9. The molecule has 2 atom stereocenters. The van der Waals surface area contributed by atoms with Crippen LogP contribution in [0.25, 0.3) is 0 Å². The first-order valence-electron chi connectivity index (χ1n) is 7.90. The van der Waals surface area contributed by atoms with Gasteiger partial charge in [0.1, 0.15) is 0 Å². The Morgan fingerprint density at radius 1 is 1.10 bits per heavy atom. The van der Waals surface area contributed by atoms with Crippen molar-refractivity contribution in [3.8, 4) is 0 Å². The molecule has 4 heteroatoms. The minimum Gasteiger partial charge on any atom is -0.326 e. The van der Waals surface area contributed by atoms with Crippen LogP contribution in [-0.4, -0.2) is 49.6 Å². The van der Waals surface area contributed by atoms with Gasteiger partial charge >= 0.3 is 0 Å². The fourth-order valence-electron chi connectivity index (χ4n) is 2.64. The highest BCUT2D eigenvalue weighted by molar-refractivity contribution is 6.31. The molecule has 1 aromatic carbocycles. The van der Waals surface area contributed by atoms with Crippen molar-refractivity contribution in [2.75, 3.05) is 33.7 Å². The third-order valence-corrected chi connectivity index (χ3v) is 4.18. The van der Waals surface area contributed by atoms with Crippen molar-refractivity contribution in [1.29, 1.82) is 0 Å². The molecule has 0 spiro atoms. The number of hydrogen-bond acceptors (Lipinski definition) is 3. The molecule has 0 saturated heterocycles. The Bertz CT molecular complexity index is 409. The SMILES string of the molecule is CCCN(CCN(C)C)C(c1ccccc1Cl)C(N)CC. The van der Waals surface area contributed by atoms with Gasteiger partial charge in [-0.2, -0.15) is 0 Å². The molecule has 0 saturated carbocycles. The third-order valence-electron chi connectivity index (χ3n) is 3.84. The van der Waals surface area contributed by atoms with Crippen LogP contribution in [0.2, 0.25) is 5.02 Å². The van der Waals surface area contributed by atoms with Crippen LogP contribution in [0.4, 0.5) is 0 Å². The highest BCUT2D eigenvalue weighted by atomic mass is 35.5. The molecular weight excluding hydrogens is 282 g/mol. The van der Waals surface area contributed by atoms with Gasteiger partial charge in [0.2, 0.25) is 0 Å². The van der Waals surface area contributed by atoms with Crippen molar-refractivity contribution in [1.82, 2.24) is 9.80 Å². The number of benzene rings is 1. The van der Waals surface area contributed by atoms with E-state index in [0.717, 1.165) is 43.1 Å². The Balaban J connectivity index is 3.05. The van der Waals surface area contributed by atoms with Crippen LogP contribution in [0.3, 0.4) is 0 Å². The summed E-state index contributed by atoms with van der Waals surface area (Å²) in [5, 5.41) is 0.817. The maximum absolute atomic E-state index is 6.44. The van der Waals surface area contributed by atoms with Gasteiger partial charge in [0.15, 0.2) is 0 Å². The van der Waals surface area contributed by atoms with Gasteiger partial charge in [-0.15, -0.1) is 0 Å². The lowest BCUT2D eigenvalue weighted by atomic mass is 9.96. The average molecular weight is 312 g/mol. The number of nitrogens with zero attached hydrogens (tertiary/aromatic N) is 2. The summed E-state index contributed by atoms with van der Waals surface area (Å²) in [7, 11) is 4.21. The molecule has 0 heterocycles. The number of nitrogens with two attached hydrogens (primary N) is 1. The van der Waals surface area contributed by atoms with Crippen LogP contribution in [0.1, 0.15) is 38.3 Å². The highest BCUT2D eigenvalue weighted by Gasteiger charge is 2.26. The second-order valence-electron chi connectivity index (χ2n) is 5.88. The van der Waals surface area contributed by atoms with Crippen molar-refractivity contribution in [2.45, 2.75) is 38.8 Å². The zero-order chi connectivity index (χ0) is 15.8. The topological polar surface area (TPSA) is 32.5 Å². The van der Waals surface area contributed by atoms with Crippen LogP contribution in [0, 0.1) is 0 Å². The summed E-state index contributed by atoms with van der Waals surface area (Å²) in [5.74, 6) is 0. The molecule has 1 rings (SSSR count). The van der Waals surface area contributed by atoms with E-state index in [1.165, 1.54) is 0 Å². The quantitative estimate of drug-likeness (QED) is 0.758. The summed E-state index contributed by atoms with van der Waals surface area (Å²) in [4.78, 5) is 4.69. The van der Waals surface area contributed by atoms with Crippen molar-refractivity contribution < 1.29 is 0 Å². The van der Waals surface area contributed by atoms with Gasteiger partial charge < -0.3 is 10.6 Å². The van der Waals surface area contributed by atoms with Gasteiger partial charge in [-0.05, 0) is 45.1 Å². The van der Waals surface area contributed by atoms with E-state index in [9.17, 15) is 0 Å². The van der Waals surface area contributed by atoms with E-state index < -0.39 is 0 Å². The molecule has 0 fully saturated rings. The molecule has 0 radical (unpaired) electrons. The molecule has 3 nitrogen and oxygen atoms in total. The minimum absolute atomic E-state index is 0.0959. The van der Waals surface area contributed by atoms with Crippen LogP contribution in [0.15, 0.2) is 24.3 Å². The van der Waals surface area contributed by atoms with Gasteiger partial charge in [-0.3, -0.25) is 4.90 Å². The summed E-state index contributed by atoms with van der Waals surface area (Å²) in [6, 6.07) is 8.38. The minimum atomic E-state index is 0.0959. The lowest BCUT2D eigenvalue weighted by Gasteiger charge is -2.36. The molecule has 0 aliphatic carbocycles. The summed E-state index contributed by atoms with van der Waals surface area (Å²) >= 11 is 6.43. The van der Waals surface area contributed by atoms with E-state index in [1.54, 1.807) is 0 Å². The van der Waals surface area contributed by atoms with Crippen molar-refractivity contribution >= 4 is 11.6 Å². The summed E-state index contributed by atoms with van der Waals surface area (Å²) in [6.07, 6.45) is 2.06. The zero-order valence-electron chi connectivity index (χ0n) is 13.8. The normalized spacial score (nSPS) is 14.7. The smallest absolute Gasteiger partial charge is 0.0514 e. The fraction of sp³-hybridized carbons (Fsp3) is 0.647. The predicted molar refractivity (Wildman–Crippen MR) is 92.9 cm³/mol. The second kappa shape index (κ2) is 9.42. The largest absolute Gasteiger partial charge is 0.326 e. The van der Waals surface area contributed by atoms with Crippen LogP contribution < -0.4 is 5.73 Å². The molecule has 1 aromatic rings. The third kappa shape index (κ3) is 5.59. The molecule has 21 heavy (non-hydrogen) atoms. The molecular formula is C17H30ClN3. The first kappa shape index (κ1) is 18.4. The van der Waals surface area contributed by atoms with Gasteiger partial charge in [0.25, 0.3) is 0 Å². The summed E-state index contributed by atoms with van der Waals surface area (Å²) in [6.45, 7) is 7.42. The Labute approximate surface area is 135 Å². The summed E-state index contributed by atoms with van der Waals surface area (Å²) < 4.78 is 0. The second-order valence-corrected chi connectivity index (χ2v) is 6.28. The highest BCUT2D eigenvalue weighted by Crippen LogP contribution is 2.30. The lowest BCUT2D eigenvalue weighted by molar-refractivity contribution is 0.155. The predicted octanol–water partition coefficient (Wildman–Crippen LogP) is 3.39. The van der Waals surface area contributed by atoms with Gasteiger partial charge in [-0.1, -0.05) is 43.6 Å². The monoisotopic (exact) mass is 311 g/mol. The summed E-state index contributed by atoms with van der Waals surface area (Å²) in [5.41, 5.74) is 7.60. The van der Waals surface area contributed by atoms with Crippen molar-refractivity contribution in [3.05, 3.63) is 34.9 Å². The Morgan fingerprint density at radius 3 is 2.29 bits per heavy atom. The first-order chi connectivity index (χ1) is 10.0. The Kier molecular flexibility index (Phi) is 8.27. The van der Waals surface area contributed by atoms with Gasteiger partial charge in [0, 0.05) is 24.2 Å². The van der Waals surface area contributed by atoms with Crippen LogP contribution in [-0.2, 0) is 0 Å². The van der Waals surface area contributed by atoms with E-state index in [-0.39, 0.29) is 12.1 Å². The molecule has 0 bridgehead atoms. The van der Waals surface area contributed by atoms with Crippen LogP contribution in [0.5, 0.6) is 0 Å². The molecule has 120 valence electrons. The molecule has 2 N–H and O–H groups in total. The van der Waals surface area contributed by atoms with E-state index in [1.807, 2.05) is 18.2 Å². The molecule has 0 aliphatic heterocycles. The molecule has 0 aliphatic rings.